The SMILES string of the molecule is O=C(O)N[C@@H]1c2ccccc2O[C@]12C[C@H]1CC[C@@H](C2)N1c1cnc(Br)cn1. The van der Waals surface area contributed by atoms with Gasteiger partial charge in [0.25, 0.3) is 0 Å². The van der Waals surface area contributed by atoms with E-state index in [1.165, 1.54) is 0 Å². The number of hydrogen-bond acceptors (Lipinski definition) is 5. The van der Waals surface area contributed by atoms with Crippen LogP contribution in [0.1, 0.15) is 37.3 Å². The number of fused-ring (bicyclic) bond motifs is 3. The lowest BCUT2D eigenvalue weighted by atomic mass is 9.79. The average Bonchev–Trinajstić information content (AvgIpc) is 3.08. The fourth-order valence-electron chi connectivity index (χ4n) is 5.08. The Morgan fingerprint density at radius 1 is 1.22 bits per heavy atom. The minimum Gasteiger partial charge on any atom is -0.484 e. The Bertz CT molecular complexity index is 877. The monoisotopic (exact) mass is 430 g/mol. The molecule has 27 heavy (non-hydrogen) atoms. The van der Waals surface area contributed by atoms with E-state index < -0.39 is 11.7 Å². The Kier molecular flexibility index (Phi) is 3.79. The summed E-state index contributed by atoms with van der Waals surface area (Å²) in [4.78, 5) is 22.7. The normalized spacial score (nSPS) is 30.9. The molecule has 0 saturated carbocycles. The predicted octanol–water partition coefficient (Wildman–Crippen LogP) is 3.51. The highest BCUT2D eigenvalue weighted by atomic mass is 79.9. The minimum atomic E-state index is -1.02. The van der Waals surface area contributed by atoms with Crippen LogP contribution in [0.15, 0.2) is 41.3 Å². The highest BCUT2D eigenvalue weighted by molar-refractivity contribution is 9.10. The van der Waals surface area contributed by atoms with Crippen molar-refractivity contribution in [1.82, 2.24) is 15.3 Å². The smallest absolute Gasteiger partial charge is 0.405 e. The van der Waals surface area contributed by atoms with Crippen molar-refractivity contribution in [3.8, 4) is 5.75 Å². The van der Waals surface area contributed by atoms with Gasteiger partial charge in [-0.1, -0.05) is 18.2 Å². The summed E-state index contributed by atoms with van der Waals surface area (Å²) >= 11 is 3.34. The number of amides is 1. The van der Waals surface area contributed by atoms with Crippen LogP contribution in [-0.4, -0.2) is 38.9 Å². The number of piperidine rings is 1. The molecule has 8 heteroatoms. The number of anilines is 1. The summed E-state index contributed by atoms with van der Waals surface area (Å²) in [5, 5.41) is 12.1. The van der Waals surface area contributed by atoms with Gasteiger partial charge in [-0.15, -0.1) is 0 Å². The van der Waals surface area contributed by atoms with Crippen LogP contribution in [0.2, 0.25) is 0 Å². The standard InChI is InChI=1S/C19H19BrN4O3/c20-15-9-22-16(10-21-15)24-11-5-6-12(24)8-19(7-11)17(23-18(25)26)13-3-1-2-4-14(13)27-19/h1-4,9-12,17,23H,5-8H2,(H,25,26)/t11-,12+,17-,19+/m1/s1. The van der Waals surface area contributed by atoms with E-state index >= 15 is 0 Å². The van der Waals surface area contributed by atoms with Crippen LogP contribution in [0.25, 0.3) is 0 Å². The van der Waals surface area contributed by atoms with Gasteiger partial charge in [-0.05, 0) is 34.8 Å². The number of halogens is 1. The first-order valence-corrected chi connectivity index (χ1v) is 9.88. The third-order valence-electron chi connectivity index (χ3n) is 5.99. The zero-order valence-electron chi connectivity index (χ0n) is 14.5. The summed E-state index contributed by atoms with van der Waals surface area (Å²) < 4.78 is 7.15. The molecule has 2 saturated heterocycles. The van der Waals surface area contributed by atoms with E-state index in [9.17, 15) is 9.90 Å². The molecule has 140 valence electrons. The van der Waals surface area contributed by atoms with Crippen molar-refractivity contribution in [2.45, 2.75) is 49.4 Å². The summed E-state index contributed by atoms with van der Waals surface area (Å²) in [5.74, 6) is 1.66. The minimum absolute atomic E-state index is 0.256. The van der Waals surface area contributed by atoms with Gasteiger partial charge >= 0.3 is 6.09 Å². The number of para-hydroxylation sites is 1. The molecule has 1 amide bonds. The van der Waals surface area contributed by atoms with Gasteiger partial charge in [0.05, 0.1) is 12.4 Å². The van der Waals surface area contributed by atoms with Crippen LogP contribution < -0.4 is 15.0 Å². The van der Waals surface area contributed by atoms with Crippen molar-refractivity contribution in [3.63, 3.8) is 0 Å². The van der Waals surface area contributed by atoms with Crippen LogP contribution in [0.5, 0.6) is 5.75 Å². The van der Waals surface area contributed by atoms with Crippen LogP contribution in [-0.2, 0) is 0 Å². The van der Waals surface area contributed by atoms with E-state index in [0.29, 0.717) is 4.60 Å². The van der Waals surface area contributed by atoms with E-state index in [0.717, 1.165) is 42.8 Å². The first kappa shape index (κ1) is 16.8. The zero-order chi connectivity index (χ0) is 18.6. The van der Waals surface area contributed by atoms with Gasteiger partial charge in [-0.25, -0.2) is 14.8 Å². The van der Waals surface area contributed by atoms with E-state index in [1.54, 1.807) is 12.4 Å². The number of nitrogens with zero attached hydrogens (tertiary/aromatic N) is 3. The highest BCUT2D eigenvalue weighted by Gasteiger charge is 2.58. The molecular weight excluding hydrogens is 412 g/mol. The molecule has 2 fully saturated rings. The van der Waals surface area contributed by atoms with Gasteiger partial charge in [0.1, 0.15) is 27.8 Å². The molecule has 4 heterocycles. The molecule has 4 atom stereocenters. The van der Waals surface area contributed by atoms with Crippen molar-refractivity contribution in [2.75, 3.05) is 4.90 Å². The molecule has 2 N–H and O–H groups in total. The molecule has 3 aliphatic rings. The number of carbonyl (C=O) groups is 1. The fraction of sp³-hybridized carbons (Fsp3) is 0.421. The Morgan fingerprint density at radius 2 is 1.96 bits per heavy atom. The molecule has 2 bridgehead atoms. The quantitative estimate of drug-likeness (QED) is 0.757. The maximum Gasteiger partial charge on any atom is 0.405 e. The first-order chi connectivity index (χ1) is 13.1. The summed E-state index contributed by atoms with van der Waals surface area (Å²) in [5.41, 5.74) is 0.379. The number of ether oxygens (including phenoxy) is 1. The number of aromatic nitrogens is 2. The number of carboxylic acid groups (broad SMARTS) is 1. The molecule has 1 aromatic heterocycles. The third-order valence-corrected chi connectivity index (χ3v) is 6.40. The maximum absolute atomic E-state index is 11.5. The molecule has 1 spiro atoms. The van der Waals surface area contributed by atoms with Crippen molar-refractivity contribution in [2.24, 2.45) is 0 Å². The second-order valence-electron chi connectivity index (χ2n) is 7.49. The van der Waals surface area contributed by atoms with Crippen molar-refractivity contribution in [3.05, 3.63) is 46.8 Å². The van der Waals surface area contributed by atoms with Crippen molar-refractivity contribution < 1.29 is 14.6 Å². The first-order valence-electron chi connectivity index (χ1n) is 9.09. The number of benzene rings is 1. The Hall–Kier alpha value is -2.35. The molecule has 7 nitrogen and oxygen atoms in total. The van der Waals surface area contributed by atoms with E-state index in [2.05, 4.69) is 36.1 Å². The predicted molar refractivity (Wildman–Crippen MR) is 102 cm³/mol. The lowest BCUT2D eigenvalue weighted by molar-refractivity contribution is 0.0168. The second-order valence-corrected chi connectivity index (χ2v) is 8.30. The average molecular weight is 431 g/mol. The van der Waals surface area contributed by atoms with Crippen LogP contribution in [0, 0.1) is 0 Å². The van der Waals surface area contributed by atoms with Gasteiger partial charge in [-0.2, -0.15) is 0 Å². The fourth-order valence-corrected chi connectivity index (χ4v) is 5.29. The molecule has 0 aliphatic carbocycles. The zero-order valence-corrected chi connectivity index (χ0v) is 16.1. The van der Waals surface area contributed by atoms with E-state index in [-0.39, 0.29) is 18.1 Å². The van der Waals surface area contributed by atoms with Gasteiger partial charge in [-0.3, -0.25) is 0 Å². The molecule has 0 radical (unpaired) electrons. The summed E-state index contributed by atoms with van der Waals surface area (Å²) in [6.07, 6.45) is 6.09. The Labute approximate surface area is 164 Å². The van der Waals surface area contributed by atoms with Crippen molar-refractivity contribution >= 4 is 27.8 Å². The maximum atomic E-state index is 11.5. The summed E-state index contributed by atoms with van der Waals surface area (Å²) in [7, 11) is 0. The topological polar surface area (TPSA) is 87.6 Å². The molecule has 1 aromatic carbocycles. The lowest BCUT2D eigenvalue weighted by Crippen LogP contribution is -2.57. The third kappa shape index (κ3) is 2.65. The molecule has 0 unspecified atom stereocenters. The molecule has 2 aromatic rings. The Morgan fingerprint density at radius 3 is 2.63 bits per heavy atom. The lowest BCUT2D eigenvalue weighted by Gasteiger charge is -2.46. The Balaban J connectivity index is 1.49. The van der Waals surface area contributed by atoms with Gasteiger partial charge in [0.15, 0.2) is 0 Å². The highest BCUT2D eigenvalue weighted by Crippen LogP contribution is 2.54. The molecular formula is C19H19BrN4O3. The molecule has 3 aliphatic heterocycles. The van der Waals surface area contributed by atoms with Gasteiger partial charge in [0, 0.05) is 30.5 Å². The molecule has 5 rings (SSSR count). The largest absolute Gasteiger partial charge is 0.484 e. The van der Waals surface area contributed by atoms with E-state index in [1.807, 2.05) is 24.3 Å². The van der Waals surface area contributed by atoms with Gasteiger partial charge < -0.3 is 20.1 Å². The second kappa shape index (κ2) is 6.09. The number of hydrogen-bond donors (Lipinski definition) is 2. The van der Waals surface area contributed by atoms with Crippen molar-refractivity contribution in [1.29, 1.82) is 0 Å². The number of rotatable bonds is 2. The summed E-state index contributed by atoms with van der Waals surface area (Å²) in [6, 6.07) is 7.90. The summed E-state index contributed by atoms with van der Waals surface area (Å²) in [6.45, 7) is 0. The number of nitrogens with one attached hydrogen (secondary N) is 1. The van der Waals surface area contributed by atoms with Crippen LogP contribution in [0.3, 0.4) is 0 Å². The van der Waals surface area contributed by atoms with Gasteiger partial charge in [0.2, 0.25) is 0 Å². The van der Waals surface area contributed by atoms with Crippen LogP contribution >= 0.6 is 15.9 Å². The van der Waals surface area contributed by atoms with Crippen LogP contribution in [0.4, 0.5) is 10.6 Å². The van der Waals surface area contributed by atoms with E-state index in [4.69, 9.17) is 4.74 Å².